The van der Waals surface area contributed by atoms with Gasteiger partial charge in [0, 0.05) is 19.2 Å². The predicted octanol–water partition coefficient (Wildman–Crippen LogP) is 1.92. The summed E-state index contributed by atoms with van der Waals surface area (Å²) in [5.74, 6) is 0.507. The third-order valence-electron chi connectivity index (χ3n) is 3.29. The Labute approximate surface area is 115 Å². The second kappa shape index (κ2) is 7.14. The van der Waals surface area contributed by atoms with Gasteiger partial charge >= 0.3 is 0 Å². The molecule has 106 valence electrons. The van der Waals surface area contributed by atoms with E-state index in [0.717, 1.165) is 11.3 Å². The molecular weight excluding hydrogens is 242 g/mol. The largest absolute Gasteiger partial charge is 0.496 e. The quantitative estimate of drug-likeness (QED) is 0.855. The molecule has 19 heavy (non-hydrogen) atoms. The van der Waals surface area contributed by atoms with Crippen molar-refractivity contribution in [3.05, 3.63) is 29.8 Å². The van der Waals surface area contributed by atoms with E-state index < -0.39 is 0 Å². The van der Waals surface area contributed by atoms with Crippen LogP contribution in [0.15, 0.2) is 24.3 Å². The Morgan fingerprint density at radius 2 is 2.00 bits per heavy atom. The van der Waals surface area contributed by atoms with Gasteiger partial charge in [0.2, 0.25) is 5.91 Å². The first-order chi connectivity index (χ1) is 9.01. The van der Waals surface area contributed by atoms with E-state index in [1.165, 1.54) is 0 Å². The highest BCUT2D eigenvalue weighted by Crippen LogP contribution is 2.20. The summed E-state index contributed by atoms with van der Waals surface area (Å²) in [7, 11) is 3.37. The SMILES string of the molecule is COc1ccccc1CN(C)C(=O)C(CO)C(C)C. The molecule has 0 aromatic heterocycles. The summed E-state index contributed by atoms with van der Waals surface area (Å²) >= 11 is 0. The van der Waals surface area contributed by atoms with Crippen LogP contribution in [0.2, 0.25) is 0 Å². The number of para-hydroxylation sites is 1. The molecule has 0 radical (unpaired) electrons. The number of aliphatic hydroxyl groups is 1. The van der Waals surface area contributed by atoms with Crippen LogP contribution in [0.5, 0.6) is 5.75 Å². The van der Waals surface area contributed by atoms with E-state index in [1.54, 1.807) is 19.1 Å². The standard InChI is InChI=1S/C15H23NO3/c1-11(2)13(10-17)15(18)16(3)9-12-7-5-6-8-14(12)19-4/h5-8,11,13,17H,9-10H2,1-4H3. The van der Waals surface area contributed by atoms with Gasteiger partial charge < -0.3 is 14.7 Å². The normalized spacial score (nSPS) is 12.3. The lowest BCUT2D eigenvalue weighted by Crippen LogP contribution is -2.36. The molecule has 0 fully saturated rings. The van der Waals surface area contributed by atoms with Crippen molar-refractivity contribution < 1.29 is 14.6 Å². The monoisotopic (exact) mass is 265 g/mol. The molecule has 0 bridgehead atoms. The van der Waals surface area contributed by atoms with E-state index in [0.29, 0.717) is 6.54 Å². The molecule has 0 heterocycles. The lowest BCUT2D eigenvalue weighted by Gasteiger charge is -2.25. The first-order valence-corrected chi connectivity index (χ1v) is 6.49. The summed E-state index contributed by atoms with van der Waals surface area (Å²) in [4.78, 5) is 13.9. The number of ether oxygens (including phenoxy) is 1. The number of amides is 1. The van der Waals surface area contributed by atoms with Gasteiger partial charge in [-0.05, 0) is 12.0 Å². The molecule has 1 aromatic carbocycles. The van der Waals surface area contributed by atoms with E-state index in [1.807, 2.05) is 38.1 Å². The maximum Gasteiger partial charge on any atom is 0.228 e. The molecule has 1 aromatic rings. The molecule has 1 atom stereocenters. The minimum Gasteiger partial charge on any atom is -0.496 e. The van der Waals surface area contributed by atoms with Crippen LogP contribution >= 0.6 is 0 Å². The number of carbonyl (C=O) groups excluding carboxylic acids is 1. The maximum atomic E-state index is 12.2. The van der Waals surface area contributed by atoms with Crippen LogP contribution in [-0.2, 0) is 11.3 Å². The Balaban J connectivity index is 2.78. The fraction of sp³-hybridized carbons (Fsp3) is 0.533. The molecule has 0 saturated carbocycles. The summed E-state index contributed by atoms with van der Waals surface area (Å²) in [6.45, 7) is 4.24. The van der Waals surface area contributed by atoms with Crippen molar-refractivity contribution in [2.45, 2.75) is 20.4 Å². The van der Waals surface area contributed by atoms with Crippen LogP contribution < -0.4 is 4.74 Å². The predicted molar refractivity (Wildman–Crippen MR) is 74.9 cm³/mol. The van der Waals surface area contributed by atoms with Gasteiger partial charge in [-0.1, -0.05) is 32.0 Å². The summed E-state index contributed by atoms with van der Waals surface area (Å²) < 4.78 is 5.27. The third kappa shape index (κ3) is 3.96. The van der Waals surface area contributed by atoms with Crippen LogP contribution in [0.25, 0.3) is 0 Å². The topological polar surface area (TPSA) is 49.8 Å². The lowest BCUT2D eigenvalue weighted by atomic mass is 9.95. The number of methoxy groups -OCH3 is 1. The van der Waals surface area contributed by atoms with Gasteiger partial charge in [0.15, 0.2) is 0 Å². The highest BCUT2D eigenvalue weighted by Gasteiger charge is 2.24. The summed E-state index contributed by atoms with van der Waals surface area (Å²) in [5.41, 5.74) is 0.960. The Morgan fingerprint density at radius 3 is 2.53 bits per heavy atom. The van der Waals surface area contributed by atoms with Gasteiger partial charge in [0.05, 0.1) is 19.6 Å². The molecule has 4 heteroatoms. The van der Waals surface area contributed by atoms with Gasteiger partial charge in [-0.2, -0.15) is 0 Å². The van der Waals surface area contributed by atoms with E-state index in [4.69, 9.17) is 4.74 Å². The Hall–Kier alpha value is -1.55. The highest BCUT2D eigenvalue weighted by atomic mass is 16.5. The summed E-state index contributed by atoms with van der Waals surface area (Å²) in [6, 6.07) is 7.63. The van der Waals surface area contributed by atoms with E-state index in [9.17, 15) is 9.90 Å². The van der Waals surface area contributed by atoms with Crippen molar-refractivity contribution >= 4 is 5.91 Å². The molecule has 0 aliphatic rings. The van der Waals surface area contributed by atoms with Gasteiger partial charge in [0.25, 0.3) is 0 Å². The number of carbonyl (C=O) groups is 1. The number of nitrogens with zero attached hydrogens (tertiary/aromatic N) is 1. The van der Waals surface area contributed by atoms with Crippen LogP contribution in [0.1, 0.15) is 19.4 Å². The highest BCUT2D eigenvalue weighted by molar-refractivity contribution is 5.79. The van der Waals surface area contributed by atoms with Crippen LogP contribution in [0.4, 0.5) is 0 Å². The first kappa shape index (κ1) is 15.5. The van der Waals surface area contributed by atoms with Crippen molar-refractivity contribution in [2.24, 2.45) is 11.8 Å². The molecule has 0 aliphatic carbocycles. The van der Waals surface area contributed by atoms with Crippen LogP contribution in [0.3, 0.4) is 0 Å². The molecule has 0 aliphatic heterocycles. The zero-order valence-corrected chi connectivity index (χ0v) is 12.1. The molecule has 0 spiro atoms. The number of hydrogen-bond donors (Lipinski definition) is 1. The molecule has 0 saturated heterocycles. The van der Waals surface area contributed by atoms with Crippen LogP contribution in [0, 0.1) is 11.8 Å². The van der Waals surface area contributed by atoms with Crippen LogP contribution in [-0.4, -0.2) is 36.7 Å². The Morgan fingerprint density at radius 1 is 1.37 bits per heavy atom. The molecular formula is C15H23NO3. The number of rotatable bonds is 6. The van der Waals surface area contributed by atoms with E-state index in [2.05, 4.69) is 0 Å². The van der Waals surface area contributed by atoms with Crippen molar-refractivity contribution in [1.82, 2.24) is 4.90 Å². The first-order valence-electron chi connectivity index (χ1n) is 6.49. The molecule has 1 unspecified atom stereocenters. The minimum absolute atomic E-state index is 0.0385. The second-order valence-electron chi connectivity index (χ2n) is 5.04. The van der Waals surface area contributed by atoms with Crippen molar-refractivity contribution in [2.75, 3.05) is 20.8 Å². The average Bonchev–Trinajstić information content (AvgIpc) is 2.39. The van der Waals surface area contributed by atoms with Gasteiger partial charge in [0.1, 0.15) is 5.75 Å². The smallest absolute Gasteiger partial charge is 0.228 e. The van der Waals surface area contributed by atoms with E-state index in [-0.39, 0.29) is 24.3 Å². The number of hydrogen-bond acceptors (Lipinski definition) is 3. The second-order valence-corrected chi connectivity index (χ2v) is 5.04. The zero-order chi connectivity index (χ0) is 14.4. The Kier molecular flexibility index (Phi) is 5.83. The fourth-order valence-electron chi connectivity index (χ4n) is 2.02. The molecule has 1 rings (SSSR count). The molecule has 1 amide bonds. The minimum atomic E-state index is -0.347. The number of benzene rings is 1. The summed E-state index contributed by atoms with van der Waals surface area (Å²) in [6.07, 6.45) is 0. The van der Waals surface area contributed by atoms with E-state index >= 15 is 0 Å². The summed E-state index contributed by atoms with van der Waals surface area (Å²) in [5, 5.41) is 9.31. The van der Waals surface area contributed by atoms with Crippen molar-refractivity contribution in [3.8, 4) is 5.75 Å². The molecule has 4 nitrogen and oxygen atoms in total. The average molecular weight is 265 g/mol. The fourth-order valence-corrected chi connectivity index (χ4v) is 2.02. The van der Waals surface area contributed by atoms with Gasteiger partial charge in [-0.3, -0.25) is 4.79 Å². The third-order valence-corrected chi connectivity index (χ3v) is 3.29. The van der Waals surface area contributed by atoms with Gasteiger partial charge in [-0.15, -0.1) is 0 Å². The zero-order valence-electron chi connectivity index (χ0n) is 12.1. The van der Waals surface area contributed by atoms with Crippen molar-refractivity contribution in [1.29, 1.82) is 0 Å². The number of aliphatic hydroxyl groups excluding tert-OH is 1. The Bertz CT molecular complexity index is 418. The van der Waals surface area contributed by atoms with Gasteiger partial charge in [-0.25, -0.2) is 0 Å². The van der Waals surface area contributed by atoms with Crippen molar-refractivity contribution in [3.63, 3.8) is 0 Å². The molecule has 1 N–H and O–H groups in total. The maximum absolute atomic E-state index is 12.2. The lowest BCUT2D eigenvalue weighted by molar-refractivity contribution is -0.137.